The first-order valence-corrected chi connectivity index (χ1v) is 9.97. The molecule has 28 heavy (non-hydrogen) atoms. The van der Waals surface area contributed by atoms with Crippen molar-refractivity contribution < 1.29 is 14.3 Å². The highest BCUT2D eigenvalue weighted by Gasteiger charge is 2.35. The lowest BCUT2D eigenvalue weighted by Crippen LogP contribution is -2.43. The Kier molecular flexibility index (Phi) is 6.69. The van der Waals surface area contributed by atoms with E-state index in [1.807, 2.05) is 31.2 Å². The number of para-hydroxylation sites is 1. The van der Waals surface area contributed by atoms with Crippen LogP contribution in [0.3, 0.4) is 0 Å². The quantitative estimate of drug-likeness (QED) is 0.737. The molecule has 0 bridgehead atoms. The molecule has 0 atom stereocenters. The molecule has 0 radical (unpaired) electrons. The molecule has 0 saturated heterocycles. The summed E-state index contributed by atoms with van der Waals surface area (Å²) in [6, 6.07) is 17.4. The zero-order valence-electron chi connectivity index (χ0n) is 16.4. The Hall–Kier alpha value is -2.82. The third kappa shape index (κ3) is 4.71. The lowest BCUT2D eigenvalue weighted by molar-refractivity contribution is -0.120. The van der Waals surface area contributed by atoms with Crippen LogP contribution in [0.15, 0.2) is 54.6 Å². The van der Waals surface area contributed by atoms with Crippen LogP contribution in [-0.2, 0) is 10.2 Å². The number of rotatable bonds is 8. The largest absolute Gasteiger partial charge is 0.493 e. The van der Waals surface area contributed by atoms with Crippen molar-refractivity contribution in [1.82, 2.24) is 10.6 Å². The first-order chi connectivity index (χ1) is 13.6. The molecule has 2 amide bonds. The molecule has 1 aliphatic carbocycles. The van der Waals surface area contributed by atoms with E-state index in [0.717, 1.165) is 12.8 Å². The van der Waals surface area contributed by atoms with Crippen molar-refractivity contribution >= 4 is 11.8 Å². The number of hydrogen-bond acceptors (Lipinski definition) is 3. The fourth-order valence-corrected chi connectivity index (χ4v) is 3.93. The van der Waals surface area contributed by atoms with Crippen LogP contribution < -0.4 is 15.4 Å². The Morgan fingerprint density at radius 2 is 1.64 bits per heavy atom. The summed E-state index contributed by atoms with van der Waals surface area (Å²) in [5.74, 6) is 0.0409. The predicted octanol–water partition coefficient (Wildman–Crippen LogP) is 3.44. The normalized spacial score (nSPS) is 15.0. The second-order valence-electron chi connectivity index (χ2n) is 7.24. The molecule has 2 aromatic rings. The summed E-state index contributed by atoms with van der Waals surface area (Å²) in [6.45, 7) is 2.89. The van der Waals surface area contributed by atoms with Crippen molar-refractivity contribution in [2.24, 2.45) is 0 Å². The van der Waals surface area contributed by atoms with E-state index in [1.165, 1.54) is 18.4 Å². The van der Waals surface area contributed by atoms with Crippen LogP contribution >= 0.6 is 0 Å². The zero-order chi connectivity index (χ0) is 19.8. The van der Waals surface area contributed by atoms with Gasteiger partial charge in [0.05, 0.1) is 18.7 Å². The molecule has 2 aromatic carbocycles. The fraction of sp³-hybridized carbons (Fsp3) is 0.391. The summed E-state index contributed by atoms with van der Waals surface area (Å²) in [5, 5.41) is 5.72. The van der Waals surface area contributed by atoms with Gasteiger partial charge < -0.3 is 15.4 Å². The topological polar surface area (TPSA) is 67.4 Å². The van der Waals surface area contributed by atoms with E-state index in [9.17, 15) is 9.59 Å². The summed E-state index contributed by atoms with van der Waals surface area (Å²) in [6.07, 6.45) is 4.50. The van der Waals surface area contributed by atoms with Gasteiger partial charge in [-0.2, -0.15) is 0 Å². The molecule has 0 aromatic heterocycles. The smallest absolute Gasteiger partial charge is 0.255 e. The highest BCUT2D eigenvalue weighted by molar-refractivity contribution is 5.98. The number of ether oxygens (including phenoxy) is 1. The molecule has 3 rings (SSSR count). The molecule has 1 saturated carbocycles. The molecular formula is C23H28N2O3. The van der Waals surface area contributed by atoms with Gasteiger partial charge in [0.25, 0.3) is 5.91 Å². The maximum Gasteiger partial charge on any atom is 0.255 e. The van der Waals surface area contributed by atoms with Gasteiger partial charge >= 0.3 is 0 Å². The van der Waals surface area contributed by atoms with Crippen molar-refractivity contribution in [2.75, 3.05) is 19.7 Å². The first-order valence-electron chi connectivity index (χ1n) is 9.97. The number of hydrogen-bond donors (Lipinski definition) is 2. The van der Waals surface area contributed by atoms with E-state index in [1.54, 1.807) is 18.2 Å². The third-order valence-corrected chi connectivity index (χ3v) is 5.41. The number of benzene rings is 2. The summed E-state index contributed by atoms with van der Waals surface area (Å²) in [4.78, 5) is 24.8. The van der Waals surface area contributed by atoms with Crippen LogP contribution in [-0.4, -0.2) is 31.5 Å². The second-order valence-corrected chi connectivity index (χ2v) is 7.24. The molecular weight excluding hydrogens is 352 g/mol. The number of nitrogens with one attached hydrogen (secondary N) is 2. The van der Waals surface area contributed by atoms with Crippen LogP contribution in [0.4, 0.5) is 0 Å². The number of amides is 2. The van der Waals surface area contributed by atoms with Gasteiger partial charge in [-0.3, -0.25) is 9.59 Å². The molecule has 5 nitrogen and oxygen atoms in total. The van der Waals surface area contributed by atoms with Crippen molar-refractivity contribution in [1.29, 1.82) is 0 Å². The number of carbonyl (C=O) groups is 2. The van der Waals surface area contributed by atoms with Crippen molar-refractivity contribution in [3.63, 3.8) is 0 Å². The van der Waals surface area contributed by atoms with E-state index >= 15 is 0 Å². The van der Waals surface area contributed by atoms with Crippen molar-refractivity contribution in [2.45, 2.75) is 38.0 Å². The van der Waals surface area contributed by atoms with E-state index in [4.69, 9.17) is 4.74 Å². The molecule has 5 heteroatoms. The zero-order valence-corrected chi connectivity index (χ0v) is 16.4. The lowest BCUT2D eigenvalue weighted by atomic mass is 9.79. The first kappa shape index (κ1) is 19.9. The maximum absolute atomic E-state index is 12.4. The van der Waals surface area contributed by atoms with E-state index in [2.05, 4.69) is 22.8 Å². The van der Waals surface area contributed by atoms with Crippen LogP contribution in [0.25, 0.3) is 0 Å². The number of carbonyl (C=O) groups excluding carboxylic acids is 2. The lowest BCUT2D eigenvalue weighted by Gasteiger charge is -2.30. The molecule has 0 spiro atoms. The van der Waals surface area contributed by atoms with E-state index in [0.29, 0.717) is 24.5 Å². The SMILES string of the molecule is CCOc1ccccc1C(=O)NCC(=O)NCC1(c2ccccc2)CCCC1. The average Bonchev–Trinajstić information content (AvgIpc) is 3.22. The molecule has 2 N–H and O–H groups in total. The third-order valence-electron chi connectivity index (χ3n) is 5.41. The van der Waals surface area contributed by atoms with Crippen LogP contribution in [0.2, 0.25) is 0 Å². The summed E-state index contributed by atoms with van der Waals surface area (Å²) < 4.78 is 5.48. The summed E-state index contributed by atoms with van der Waals surface area (Å²) >= 11 is 0. The van der Waals surface area contributed by atoms with Gasteiger partial charge in [-0.05, 0) is 37.5 Å². The summed E-state index contributed by atoms with van der Waals surface area (Å²) in [5.41, 5.74) is 1.72. The van der Waals surface area contributed by atoms with Crippen LogP contribution in [0.5, 0.6) is 5.75 Å². The van der Waals surface area contributed by atoms with Gasteiger partial charge in [0.1, 0.15) is 5.75 Å². The average molecular weight is 380 g/mol. The second kappa shape index (κ2) is 9.40. The molecule has 0 heterocycles. The standard InChI is InChI=1S/C23H28N2O3/c1-2-28-20-13-7-6-12-19(20)22(27)24-16-21(26)25-17-23(14-8-9-15-23)18-10-4-3-5-11-18/h3-7,10-13H,2,8-9,14-17H2,1H3,(H,24,27)(H,25,26). The maximum atomic E-state index is 12.4. The minimum absolute atomic E-state index is 0.00247. The van der Waals surface area contributed by atoms with Gasteiger partial charge in [0.15, 0.2) is 0 Å². The minimum atomic E-state index is -0.308. The Morgan fingerprint density at radius 3 is 2.36 bits per heavy atom. The Bertz CT molecular complexity index is 799. The van der Waals surface area contributed by atoms with Crippen LogP contribution in [0.1, 0.15) is 48.5 Å². The van der Waals surface area contributed by atoms with Crippen molar-refractivity contribution in [3.05, 3.63) is 65.7 Å². The highest BCUT2D eigenvalue weighted by atomic mass is 16.5. The van der Waals surface area contributed by atoms with Crippen molar-refractivity contribution in [3.8, 4) is 5.75 Å². The van der Waals surface area contributed by atoms with Gasteiger partial charge in [-0.25, -0.2) is 0 Å². The summed E-state index contributed by atoms with van der Waals surface area (Å²) in [7, 11) is 0. The monoisotopic (exact) mass is 380 g/mol. The molecule has 0 unspecified atom stereocenters. The highest BCUT2D eigenvalue weighted by Crippen LogP contribution is 2.40. The van der Waals surface area contributed by atoms with E-state index in [-0.39, 0.29) is 23.8 Å². The minimum Gasteiger partial charge on any atom is -0.493 e. The Labute approximate surface area is 166 Å². The van der Waals surface area contributed by atoms with Gasteiger partial charge in [-0.1, -0.05) is 55.3 Å². The van der Waals surface area contributed by atoms with E-state index < -0.39 is 0 Å². The van der Waals surface area contributed by atoms with Crippen LogP contribution in [0, 0.1) is 0 Å². The fourth-order valence-electron chi connectivity index (χ4n) is 3.93. The predicted molar refractivity (Wildman–Crippen MR) is 110 cm³/mol. The Morgan fingerprint density at radius 1 is 0.964 bits per heavy atom. The molecule has 1 aliphatic rings. The van der Waals surface area contributed by atoms with Gasteiger partial charge in [0, 0.05) is 12.0 Å². The van der Waals surface area contributed by atoms with Gasteiger partial charge in [0.2, 0.25) is 5.91 Å². The van der Waals surface area contributed by atoms with Gasteiger partial charge in [-0.15, -0.1) is 0 Å². The Balaban J connectivity index is 1.55. The molecule has 148 valence electrons. The molecule has 1 fully saturated rings. The molecule has 0 aliphatic heterocycles.